The van der Waals surface area contributed by atoms with Gasteiger partial charge in [0.1, 0.15) is 0 Å². The van der Waals surface area contributed by atoms with Crippen LogP contribution in [0.15, 0.2) is 18.2 Å². The molecule has 96 valence electrons. The van der Waals surface area contributed by atoms with Crippen LogP contribution < -0.4 is 15.2 Å². The number of hydrogen-bond donors (Lipinski definition) is 2. The highest BCUT2D eigenvalue weighted by Gasteiger charge is 2.24. The number of aliphatic hydroxyl groups excluding tert-OH is 1. The number of ether oxygens (including phenoxy) is 2. The maximum Gasteiger partial charge on any atom is 0.231 e. The van der Waals surface area contributed by atoms with Crippen LogP contribution in [-0.2, 0) is 0 Å². The number of rotatable bonds is 4. The first-order valence-electron chi connectivity index (χ1n) is 5.56. The van der Waals surface area contributed by atoms with E-state index in [1.165, 1.54) is 0 Å². The van der Waals surface area contributed by atoms with Gasteiger partial charge in [-0.25, -0.2) is 0 Å². The molecule has 0 radical (unpaired) electrons. The Hall–Kier alpha value is -0.970. The van der Waals surface area contributed by atoms with Crippen molar-refractivity contribution >= 4 is 12.4 Å². The smallest absolute Gasteiger partial charge is 0.231 e. The fourth-order valence-corrected chi connectivity index (χ4v) is 1.90. The second kappa shape index (κ2) is 6.10. The predicted molar refractivity (Wildman–Crippen MR) is 67.7 cm³/mol. The summed E-state index contributed by atoms with van der Waals surface area (Å²) in [5, 5.41) is 9.88. The van der Waals surface area contributed by atoms with E-state index in [-0.39, 0.29) is 19.2 Å². The van der Waals surface area contributed by atoms with Crippen molar-refractivity contribution < 1.29 is 14.6 Å². The first kappa shape index (κ1) is 14.1. The Kier molecular flexibility index (Phi) is 5.05. The molecule has 0 bridgehead atoms. The molecular weight excluding hydrogens is 242 g/mol. The lowest BCUT2D eigenvalue weighted by molar-refractivity contribution is 0.131. The third-order valence-electron chi connectivity index (χ3n) is 2.79. The second-order valence-corrected chi connectivity index (χ2v) is 3.96. The van der Waals surface area contributed by atoms with Crippen LogP contribution in [0.1, 0.15) is 31.4 Å². The van der Waals surface area contributed by atoms with Gasteiger partial charge in [-0.15, -0.1) is 12.4 Å². The molecule has 0 spiro atoms. The molecule has 0 saturated carbocycles. The molecule has 1 aromatic rings. The fourth-order valence-electron chi connectivity index (χ4n) is 1.90. The Balaban J connectivity index is 0.00000144. The molecule has 4 nitrogen and oxygen atoms in total. The molecule has 0 saturated heterocycles. The molecule has 2 rings (SSSR count). The average Bonchev–Trinajstić information content (AvgIpc) is 2.76. The lowest BCUT2D eigenvalue weighted by Gasteiger charge is -2.19. The van der Waals surface area contributed by atoms with Crippen LogP contribution in [0, 0.1) is 0 Å². The Labute approximate surface area is 107 Å². The van der Waals surface area contributed by atoms with Crippen molar-refractivity contribution in [3.05, 3.63) is 23.8 Å². The summed E-state index contributed by atoms with van der Waals surface area (Å²) in [6.07, 6.45) is 1.05. The Bertz CT molecular complexity index is 373. The highest BCUT2D eigenvalue weighted by Crippen LogP contribution is 2.38. The molecule has 17 heavy (non-hydrogen) atoms. The summed E-state index contributed by atoms with van der Waals surface area (Å²) < 4.78 is 10.6. The van der Waals surface area contributed by atoms with Crippen LogP contribution in [0.3, 0.4) is 0 Å². The molecule has 3 N–H and O–H groups in total. The van der Waals surface area contributed by atoms with Crippen molar-refractivity contribution in [2.45, 2.75) is 31.9 Å². The maximum atomic E-state index is 9.88. The summed E-state index contributed by atoms with van der Waals surface area (Å²) in [4.78, 5) is 0. The van der Waals surface area contributed by atoms with Crippen molar-refractivity contribution in [1.82, 2.24) is 0 Å². The third kappa shape index (κ3) is 2.83. The molecule has 2 atom stereocenters. The Morgan fingerprint density at radius 1 is 1.41 bits per heavy atom. The largest absolute Gasteiger partial charge is 0.454 e. The molecule has 1 aliphatic heterocycles. The van der Waals surface area contributed by atoms with E-state index < -0.39 is 12.1 Å². The quantitative estimate of drug-likeness (QED) is 0.868. The zero-order valence-corrected chi connectivity index (χ0v) is 10.6. The third-order valence-corrected chi connectivity index (χ3v) is 2.79. The molecule has 1 aliphatic rings. The van der Waals surface area contributed by atoms with Gasteiger partial charge in [-0.3, -0.25) is 0 Å². The van der Waals surface area contributed by atoms with Gasteiger partial charge in [-0.05, 0) is 12.5 Å². The van der Waals surface area contributed by atoms with E-state index in [4.69, 9.17) is 15.2 Å². The second-order valence-electron chi connectivity index (χ2n) is 3.96. The number of aliphatic hydroxyl groups is 1. The normalized spacial score (nSPS) is 16.2. The minimum Gasteiger partial charge on any atom is -0.454 e. The van der Waals surface area contributed by atoms with Gasteiger partial charge >= 0.3 is 0 Å². The fraction of sp³-hybridized carbons (Fsp3) is 0.500. The van der Waals surface area contributed by atoms with Crippen molar-refractivity contribution in [3.63, 3.8) is 0 Å². The topological polar surface area (TPSA) is 64.7 Å². The summed E-state index contributed by atoms with van der Waals surface area (Å²) in [6.45, 7) is 2.24. The first-order valence-corrected chi connectivity index (χ1v) is 5.56. The lowest BCUT2D eigenvalue weighted by Crippen LogP contribution is -2.26. The van der Waals surface area contributed by atoms with E-state index in [0.29, 0.717) is 17.9 Å². The van der Waals surface area contributed by atoms with E-state index >= 15 is 0 Å². The summed E-state index contributed by atoms with van der Waals surface area (Å²) in [6, 6.07) is 5.15. The van der Waals surface area contributed by atoms with Crippen LogP contribution in [-0.4, -0.2) is 18.0 Å². The van der Waals surface area contributed by atoms with Crippen LogP contribution in [0.4, 0.5) is 0 Å². The molecule has 0 fully saturated rings. The number of benzene rings is 1. The standard InChI is InChI=1S/C12H17NO3.ClH/c1-2-4-9(14)11(13)8-5-3-6-10-12(8)16-7-15-10;/h3,5-6,9,11,14H,2,4,7,13H2,1H3;1H/t9-,11+;/m1./s1. The van der Waals surface area contributed by atoms with E-state index in [2.05, 4.69) is 0 Å². The average molecular weight is 260 g/mol. The van der Waals surface area contributed by atoms with Crippen molar-refractivity contribution in [2.24, 2.45) is 5.73 Å². The highest BCUT2D eigenvalue weighted by atomic mass is 35.5. The van der Waals surface area contributed by atoms with Crippen LogP contribution in [0.2, 0.25) is 0 Å². The maximum absolute atomic E-state index is 9.88. The van der Waals surface area contributed by atoms with E-state index in [0.717, 1.165) is 12.0 Å². The number of halogens is 1. The number of hydrogen-bond acceptors (Lipinski definition) is 4. The Morgan fingerprint density at radius 3 is 2.88 bits per heavy atom. The lowest BCUT2D eigenvalue weighted by atomic mass is 9.98. The summed E-state index contributed by atoms with van der Waals surface area (Å²) in [5.41, 5.74) is 6.83. The van der Waals surface area contributed by atoms with Gasteiger partial charge in [-0.2, -0.15) is 0 Å². The zero-order chi connectivity index (χ0) is 11.5. The van der Waals surface area contributed by atoms with Crippen LogP contribution >= 0.6 is 12.4 Å². The SMILES string of the molecule is CCC[C@@H](O)[C@@H](N)c1cccc2c1OCO2.Cl. The van der Waals surface area contributed by atoms with Crippen molar-refractivity contribution in [2.75, 3.05) is 6.79 Å². The highest BCUT2D eigenvalue weighted by molar-refractivity contribution is 5.85. The molecular formula is C12H18ClNO3. The zero-order valence-electron chi connectivity index (χ0n) is 9.76. The summed E-state index contributed by atoms with van der Waals surface area (Å²) >= 11 is 0. The monoisotopic (exact) mass is 259 g/mol. The predicted octanol–water partition coefficient (Wildman–Crippen LogP) is 2.00. The van der Waals surface area contributed by atoms with Crippen molar-refractivity contribution in [3.8, 4) is 11.5 Å². The summed E-state index contributed by atoms with van der Waals surface area (Å²) in [7, 11) is 0. The van der Waals surface area contributed by atoms with Crippen LogP contribution in [0.25, 0.3) is 0 Å². The molecule has 0 aromatic heterocycles. The molecule has 1 heterocycles. The molecule has 0 amide bonds. The Morgan fingerprint density at radius 2 is 2.18 bits per heavy atom. The summed E-state index contributed by atoms with van der Waals surface area (Å²) in [5.74, 6) is 1.38. The van der Waals surface area contributed by atoms with E-state index in [9.17, 15) is 5.11 Å². The minimum absolute atomic E-state index is 0. The van der Waals surface area contributed by atoms with Crippen molar-refractivity contribution in [1.29, 1.82) is 0 Å². The molecule has 0 aliphatic carbocycles. The number of nitrogens with two attached hydrogens (primary N) is 1. The molecule has 0 unspecified atom stereocenters. The number of para-hydroxylation sites is 1. The molecule has 1 aromatic carbocycles. The van der Waals surface area contributed by atoms with Gasteiger partial charge in [0, 0.05) is 5.56 Å². The van der Waals surface area contributed by atoms with Gasteiger partial charge in [0.25, 0.3) is 0 Å². The van der Waals surface area contributed by atoms with Gasteiger partial charge in [-0.1, -0.05) is 25.5 Å². The first-order chi connectivity index (χ1) is 7.74. The van der Waals surface area contributed by atoms with Gasteiger partial charge in [0.15, 0.2) is 11.5 Å². The van der Waals surface area contributed by atoms with E-state index in [1.54, 1.807) is 0 Å². The van der Waals surface area contributed by atoms with Gasteiger partial charge in [0.2, 0.25) is 6.79 Å². The van der Waals surface area contributed by atoms with Crippen LogP contribution in [0.5, 0.6) is 11.5 Å². The molecule has 5 heteroatoms. The van der Waals surface area contributed by atoms with Gasteiger partial charge in [0.05, 0.1) is 12.1 Å². The number of fused-ring (bicyclic) bond motifs is 1. The van der Waals surface area contributed by atoms with E-state index in [1.807, 2.05) is 25.1 Å². The minimum atomic E-state index is -0.541. The van der Waals surface area contributed by atoms with Gasteiger partial charge < -0.3 is 20.3 Å².